The minimum absolute atomic E-state index is 0.0246. The zero-order valence-electron chi connectivity index (χ0n) is 12.7. The number of anilines is 1. The molecular formula is C16H23N3O. The van der Waals surface area contributed by atoms with E-state index in [1.807, 2.05) is 18.2 Å². The number of nitrogen functional groups attached to an aromatic ring is 1. The minimum atomic E-state index is -0.0246. The number of hydrogen-bond acceptors (Lipinski definition) is 4. The van der Waals surface area contributed by atoms with E-state index in [1.54, 1.807) is 0 Å². The highest BCUT2D eigenvalue weighted by molar-refractivity contribution is 5.83. The van der Waals surface area contributed by atoms with Crippen LogP contribution in [0, 0.1) is 0 Å². The number of hydrogen-bond donors (Lipinski definition) is 2. The third-order valence-electron chi connectivity index (χ3n) is 3.20. The highest BCUT2D eigenvalue weighted by Gasteiger charge is 2.19. The van der Waals surface area contributed by atoms with Gasteiger partial charge in [0, 0.05) is 10.9 Å². The molecule has 0 aliphatic rings. The normalized spacial score (nSPS) is 11.7. The van der Waals surface area contributed by atoms with Crippen molar-refractivity contribution in [2.75, 3.05) is 12.0 Å². The van der Waals surface area contributed by atoms with E-state index >= 15 is 0 Å². The van der Waals surface area contributed by atoms with Gasteiger partial charge in [-0.1, -0.05) is 27.7 Å². The summed E-state index contributed by atoms with van der Waals surface area (Å²) in [6.45, 7) is 9.27. The van der Waals surface area contributed by atoms with Gasteiger partial charge in [0.05, 0.1) is 12.1 Å². The fraction of sp³-hybridized carbons (Fsp3) is 0.438. The quantitative estimate of drug-likeness (QED) is 0.660. The van der Waals surface area contributed by atoms with Crippen molar-refractivity contribution < 1.29 is 4.74 Å². The molecule has 108 valence electrons. The van der Waals surface area contributed by atoms with Crippen LogP contribution >= 0.6 is 0 Å². The van der Waals surface area contributed by atoms with E-state index in [9.17, 15) is 0 Å². The summed E-state index contributed by atoms with van der Waals surface area (Å²) in [5.74, 6) is 7.21. The largest absolute Gasteiger partial charge is 0.494 e. The van der Waals surface area contributed by atoms with E-state index in [-0.39, 0.29) is 5.41 Å². The number of rotatable bonds is 4. The molecule has 2 rings (SSSR count). The second kappa shape index (κ2) is 5.67. The fourth-order valence-electron chi connectivity index (χ4n) is 2.15. The van der Waals surface area contributed by atoms with Gasteiger partial charge < -0.3 is 10.2 Å². The molecular weight excluding hydrogens is 250 g/mol. The number of pyridine rings is 1. The van der Waals surface area contributed by atoms with Gasteiger partial charge in [0.25, 0.3) is 0 Å². The first-order valence-electron chi connectivity index (χ1n) is 7.00. The summed E-state index contributed by atoms with van der Waals surface area (Å²) in [5, 5.41) is 1.07. The Hall–Kier alpha value is -1.81. The molecule has 0 fully saturated rings. The predicted molar refractivity (Wildman–Crippen MR) is 84.0 cm³/mol. The highest BCUT2D eigenvalue weighted by Crippen LogP contribution is 2.32. The lowest BCUT2D eigenvalue weighted by atomic mass is 9.86. The molecule has 4 heteroatoms. The number of nitrogens with one attached hydrogen (secondary N) is 1. The summed E-state index contributed by atoms with van der Waals surface area (Å²) in [6, 6.07) is 8.08. The molecule has 2 aromatic rings. The van der Waals surface area contributed by atoms with E-state index in [4.69, 9.17) is 10.6 Å². The van der Waals surface area contributed by atoms with Crippen LogP contribution in [0.5, 0.6) is 5.75 Å². The highest BCUT2D eigenvalue weighted by atomic mass is 16.5. The monoisotopic (exact) mass is 273 g/mol. The first-order valence-corrected chi connectivity index (χ1v) is 7.00. The second-order valence-electron chi connectivity index (χ2n) is 5.98. The molecule has 1 heterocycles. The first-order chi connectivity index (χ1) is 9.45. The van der Waals surface area contributed by atoms with Gasteiger partial charge >= 0.3 is 0 Å². The van der Waals surface area contributed by atoms with Crippen LogP contribution in [-0.2, 0) is 5.41 Å². The van der Waals surface area contributed by atoms with Crippen molar-refractivity contribution in [1.29, 1.82) is 0 Å². The number of ether oxygens (including phenoxy) is 1. The second-order valence-corrected chi connectivity index (χ2v) is 5.98. The predicted octanol–water partition coefficient (Wildman–Crippen LogP) is 3.61. The van der Waals surface area contributed by atoms with E-state index < -0.39 is 0 Å². The van der Waals surface area contributed by atoms with Crippen molar-refractivity contribution in [3.05, 3.63) is 29.8 Å². The molecule has 0 aliphatic heterocycles. The van der Waals surface area contributed by atoms with Crippen molar-refractivity contribution >= 4 is 16.7 Å². The molecule has 1 aromatic heterocycles. The maximum atomic E-state index is 5.68. The van der Waals surface area contributed by atoms with Gasteiger partial charge in [-0.3, -0.25) is 0 Å². The Morgan fingerprint density at radius 1 is 1.25 bits per heavy atom. The van der Waals surface area contributed by atoms with Crippen LogP contribution < -0.4 is 16.0 Å². The summed E-state index contributed by atoms with van der Waals surface area (Å²) < 4.78 is 5.68. The molecule has 0 saturated carbocycles. The molecule has 1 aromatic carbocycles. The van der Waals surface area contributed by atoms with Crippen LogP contribution in [0.1, 0.15) is 39.7 Å². The van der Waals surface area contributed by atoms with Crippen molar-refractivity contribution in [1.82, 2.24) is 4.98 Å². The number of aromatic nitrogens is 1. The van der Waals surface area contributed by atoms with Crippen LogP contribution in [0.3, 0.4) is 0 Å². The lowest BCUT2D eigenvalue weighted by Crippen LogP contribution is -2.19. The van der Waals surface area contributed by atoms with E-state index in [0.717, 1.165) is 41.1 Å². The van der Waals surface area contributed by atoms with Gasteiger partial charge in [0.2, 0.25) is 0 Å². The number of benzene rings is 1. The molecule has 3 N–H and O–H groups in total. The molecule has 0 spiro atoms. The number of nitrogens with two attached hydrogens (primary N) is 1. The van der Waals surface area contributed by atoms with E-state index in [2.05, 4.69) is 44.2 Å². The van der Waals surface area contributed by atoms with E-state index in [0.29, 0.717) is 0 Å². The van der Waals surface area contributed by atoms with Crippen LogP contribution in [0.25, 0.3) is 10.9 Å². The van der Waals surface area contributed by atoms with Crippen LogP contribution in [0.4, 0.5) is 5.82 Å². The molecule has 0 atom stereocenters. The molecule has 0 bridgehead atoms. The number of hydrazine groups is 1. The van der Waals surface area contributed by atoms with Crippen molar-refractivity contribution in [3.8, 4) is 5.75 Å². The molecule has 0 unspecified atom stereocenters. The summed E-state index contributed by atoms with van der Waals surface area (Å²) in [5.41, 5.74) is 4.69. The average Bonchev–Trinajstić information content (AvgIpc) is 2.42. The van der Waals surface area contributed by atoms with Gasteiger partial charge in [-0.15, -0.1) is 0 Å². The zero-order valence-corrected chi connectivity index (χ0v) is 12.7. The lowest BCUT2D eigenvalue weighted by Gasteiger charge is -2.22. The van der Waals surface area contributed by atoms with Crippen molar-refractivity contribution in [2.24, 2.45) is 5.84 Å². The minimum Gasteiger partial charge on any atom is -0.494 e. The molecule has 0 aliphatic carbocycles. The maximum absolute atomic E-state index is 5.68. The van der Waals surface area contributed by atoms with Crippen LogP contribution in [0.2, 0.25) is 0 Å². The topological polar surface area (TPSA) is 60.2 Å². The number of nitrogens with zero attached hydrogens (tertiary/aromatic N) is 1. The third kappa shape index (κ3) is 3.02. The zero-order chi connectivity index (χ0) is 14.8. The van der Waals surface area contributed by atoms with Gasteiger partial charge in [-0.2, -0.15) is 0 Å². The third-order valence-corrected chi connectivity index (χ3v) is 3.20. The Morgan fingerprint density at radius 2 is 2.00 bits per heavy atom. The Labute approximate surface area is 120 Å². The van der Waals surface area contributed by atoms with Gasteiger partial charge in [-0.05, 0) is 36.1 Å². The van der Waals surface area contributed by atoms with Crippen molar-refractivity contribution in [2.45, 2.75) is 39.5 Å². The molecule has 0 amide bonds. The average molecular weight is 273 g/mol. The SMILES string of the molecule is CCCOc1ccc2nc(NN)c(C(C)(C)C)cc2c1. The number of fused-ring (bicyclic) bond motifs is 1. The van der Waals surface area contributed by atoms with Crippen LogP contribution in [0.15, 0.2) is 24.3 Å². The fourth-order valence-corrected chi connectivity index (χ4v) is 2.15. The maximum Gasteiger partial charge on any atom is 0.144 e. The van der Waals surface area contributed by atoms with Gasteiger partial charge in [-0.25, -0.2) is 10.8 Å². The van der Waals surface area contributed by atoms with Crippen molar-refractivity contribution in [3.63, 3.8) is 0 Å². The summed E-state index contributed by atoms with van der Waals surface area (Å²) in [4.78, 5) is 4.59. The van der Waals surface area contributed by atoms with Gasteiger partial charge in [0.15, 0.2) is 0 Å². The Balaban J connectivity index is 2.52. The standard InChI is InChI=1S/C16H23N3O/c1-5-8-20-12-6-7-14-11(9-12)10-13(16(2,3)4)15(18-14)19-17/h6-7,9-10H,5,8,17H2,1-4H3,(H,18,19). The summed E-state index contributed by atoms with van der Waals surface area (Å²) in [7, 11) is 0. The smallest absolute Gasteiger partial charge is 0.144 e. The first kappa shape index (κ1) is 14.6. The van der Waals surface area contributed by atoms with E-state index in [1.165, 1.54) is 0 Å². The van der Waals surface area contributed by atoms with Gasteiger partial charge in [0.1, 0.15) is 11.6 Å². The van der Waals surface area contributed by atoms with Crippen LogP contribution in [-0.4, -0.2) is 11.6 Å². The lowest BCUT2D eigenvalue weighted by molar-refractivity contribution is 0.318. The summed E-state index contributed by atoms with van der Waals surface area (Å²) in [6.07, 6.45) is 1.000. The molecule has 4 nitrogen and oxygen atoms in total. The molecule has 0 saturated heterocycles. The Morgan fingerprint density at radius 3 is 2.60 bits per heavy atom. The molecule has 0 radical (unpaired) electrons. The Bertz CT molecular complexity index is 602. The molecule has 20 heavy (non-hydrogen) atoms. The Kier molecular flexibility index (Phi) is 4.14. The summed E-state index contributed by atoms with van der Waals surface area (Å²) >= 11 is 0.